The van der Waals surface area contributed by atoms with Crippen LogP contribution in [-0.4, -0.2) is 56.9 Å². The third-order valence-electron chi connectivity index (χ3n) is 6.61. The van der Waals surface area contributed by atoms with E-state index in [0.717, 1.165) is 68.8 Å². The van der Waals surface area contributed by atoms with E-state index in [1.807, 2.05) is 47.4 Å². The molecule has 168 valence electrons. The monoisotopic (exact) mass is 442 g/mol. The molecule has 4 aromatic rings. The summed E-state index contributed by atoms with van der Waals surface area (Å²) in [5.74, 6) is 2.41. The molecule has 0 saturated carbocycles. The summed E-state index contributed by atoms with van der Waals surface area (Å²) >= 11 is 0. The second kappa shape index (κ2) is 8.35. The quantitative estimate of drug-likeness (QED) is 0.511. The number of hydrogen-bond donors (Lipinski definition) is 1. The number of fused-ring (bicyclic) bond motifs is 1. The first-order valence-corrected chi connectivity index (χ1v) is 11.7. The van der Waals surface area contributed by atoms with Crippen LogP contribution in [0.4, 0.5) is 5.82 Å². The highest BCUT2D eigenvalue weighted by atomic mass is 16.3. The molecule has 2 saturated heterocycles. The molecule has 33 heavy (non-hydrogen) atoms. The van der Waals surface area contributed by atoms with Crippen LogP contribution >= 0.6 is 0 Å². The van der Waals surface area contributed by atoms with Gasteiger partial charge in [0.2, 0.25) is 11.8 Å². The van der Waals surface area contributed by atoms with E-state index in [9.17, 15) is 4.79 Å². The number of H-pyrrole nitrogens is 1. The number of amides is 1. The lowest BCUT2D eigenvalue weighted by Crippen LogP contribution is -2.44. The highest BCUT2D eigenvalue weighted by Gasteiger charge is 2.31. The number of pyridine rings is 1. The highest BCUT2D eigenvalue weighted by Crippen LogP contribution is 2.28. The van der Waals surface area contributed by atoms with Gasteiger partial charge in [0.1, 0.15) is 17.8 Å². The summed E-state index contributed by atoms with van der Waals surface area (Å²) in [6, 6.07) is 13.8. The maximum absolute atomic E-state index is 12.9. The van der Waals surface area contributed by atoms with Crippen LogP contribution in [0, 0.1) is 5.92 Å². The number of benzene rings is 1. The molecule has 5 heterocycles. The second-order valence-corrected chi connectivity index (χ2v) is 8.85. The van der Waals surface area contributed by atoms with Gasteiger partial charge < -0.3 is 19.2 Å². The molecule has 1 atom stereocenters. The number of nitrogens with one attached hydrogen (secondary N) is 1. The van der Waals surface area contributed by atoms with Crippen LogP contribution in [0.15, 0.2) is 53.1 Å². The summed E-state index contributed by atoms with van der Waals surface area (Å²) in [5.41, 5.74) is 3.05. The van der Waals surface area contributed by atoms with Gasteiger partial charge in [0.25, 0.3) is 0 Å². The Balaban J connectivity index is 1.22. The fourth-order valence-corrected chi connectivity index (χ4v) is 4.86. The van der Waals surface area contributed by atoms with Crippen molar-refractivity contribution in [1.82, 2.24) is 24.8 Å². The Kier molecular flexibility index (Phi) is 5.05. The van der Waals surface area contributed by atoms with E-state index in [1.54, 1.807) is 6.26 Å². The molecule has 8 nitrogen and oxygen atoms in total. The van der Waals surface area contributed by atoms with Crippen LogP contribution in [0.5, 0.6) is 0 Å². The van der Waals surface area contributed by atoms with Crippen LogP contribution in [0.25, 0.3) is 34.1 Å². The first kappa shape index (κ1) is 20.0. The second-order valence-electron chi connectivity index (χ2n) is 8.85. The molecule has 0 spiro atoms. The maximum atomic E-state index is 12.9. The lowest BCUT2D eigenvalue weighted by molar-refractivity contribution is -0.134. The van der Waals surface area contributed by atoms with Gasteiger partial charge in [-0.05, 0) is 49.9 Å². The Morgan fingerprint density at radius 2 is 1.82 bits per heavy atom. The number of oxazole rings is 1. The van der Waals surface area contributed by atoms with E-state index < -0.39 is 0 Å². The van der Waals surface area contributed by atoms with Gasteiger partial charge in [-0.25, -0.2) is 15.0 Å². The van der Waals surface area contributed by atoms with Crippen molar-refractivity contribution in [3.63, 3.8) is 0 Å². The average molecular weight is 443 g/mol. The predicted octanol–water partition coefficient (Wildman–Crippen LogP) is 4.12. The Morgan fingerprint density at radius 3 is 2.67 bits per heavy atom. The molecule has 3 aromatic heterocycles. The molecule has 0 bridgehead atoms. The topological polar surface area (TPSA) is 91.2 Å². The van der Waals surface area contributed by atoms with Gasteiger partial charge in [0, 0.05) is 31.7 Å². The average Bonchev–Trinajstić information content (AvgIpc) is 3.64. The Labute approximate surface area is 191 Å². The molecule has 1 amide bonds. The number of aromatic amines is 1. The van der Waals surface area contributed by atoms with Crippen LogP contribution in [0.3, 0.4) is 0 Å². The highest BCUT2D eigenvalue weighted by molar-refractivity contribution is 5.80. The molecule has 2 fully saturated rings. The van der Waals surface area contributed by atoms with E-state index in [-0.39, 0.29) is 5.92 Å². The van der Waals surface area contributed by atoms with Crippen molar-refractivity contribution in [3.8, 4) is 23.0 Å². The van der Waals surface area contributed by atoms with Crippen LogP contribution in [0.2, 0.25) is 0 Å². The largest absolute Gasteiger partial charge is 0.444 e. The van der Waals surface area contributed by atoms with Crippen molar-refractivity contribution in [1.29, 1.82) is 0 Å². The SMILES string of the molecule is O=C([C@@H]1CCCN(c2ccc3[nH]c(-c4coc(-c5ccccc5)n4)nc3n2)C1)N1CCCC1. The van der Waals surface area contributed by atoms with Crippen LogP contribution < -0.4 is 4.90 Å². The number of carbonyl (C=O) groups is 1. The summed E-state index contributed by atoms with van der Waals surface area (Å²) in [7, 11) is 0. The van der Waals surface area contributed by atoms with Crippen molar-refractivity contribution >= 4 is 22.9 Å². The molecule has 0 aliphatic carbocycles. The summed E-state index contributed by atoms with van der Waals surface area (Å²) in [5, 5.41) is 0. The third kappa shape index (κ3) is 3.86. The summed E-state index contributed by atoms with van der Waals surface area (Å²) in [6.45, 7) is 3.44. The van der Waals surface area contributed by atoms with E-state index in [0.29, 0.717) is 29.0 Å². The van der Waals surface area contributed by atoms with Crippen molar-refractivity contribution in [2.45, 2.75) is 25.7 Å². The van der Waals surface area contributed by atoms with E-state index in [1.165, 1.54) is 0 Å². The molecule has 1 aromatic carbocycles. The lowest BCUT2D eigenvalue weighted by Gasteiger charge is -2.34. The number of nitrogens with zero attached hydrogens (tertiary/aromatic N) is 5. The standard InChI is InChI=1S/C25H26N6O2/c32-25(30-12-4-5-13-30)18-9-6-14-31(15-18)21-11-10-19-22(28-21)29-23(26-19)20-16-33-24(27-20)17-7-2-1-3-8-17/h1-3,7-8,10-11,16,18H,4-6,9,12-15H2,(H,26,28,29)/t18-/m1/s1. The van der Waals surface area contributed by atoms with Gasteiger partial charge in [0.15, 0.2) is 11.5 Å². The van der Waals surface area contributed by atoms with Gasteiger partial charge in [-0.3, -0.25) is 4.79 Å². The normalized spacial score (nSPS) is 18.8. The molecule has 2 aliphatic rings. The zero-order valence-electron chi connectivity index (χ0n) is 18.4. The zero-order chi connectivity index (χ0) is 22.2. The van der Waals surface area contributed by atoms with Crippen LogP contribution in [0.1, 0.15) is 25.7 Å². The molecule has 2 aliphatic heterocycles. The number of likely N-dealkylation sites (tertiary alicyclic amines) is 1. The van der Waals surface area contributed by atoms with Crippen molar-refractivity contribution in [3.05, 3.63) is 48.7 Å². The fourth-order valence-electron chi connectivity index (χ4n) is 4.86. The number of carbonyl (C=O) groups excluding carboxylic acids is 1. The van der Waals surface area contributed by atoms with Crippen molar-refractivity contribution in [2.75, 3.05) is 31.1 Å². The van der Waals surface area contributed by atoms with Gasteiger partial charge >= 0.3 is 0 Å². The van der Waals surface area contributed by atoms with E-state index >= 15 is 0 Å². The Hall–Kier alpha value is -3.68. The van der Waals surface area contributed by atoms with Crippen LogP contribution in [-0.2, 0) is 4.79 Å². The first-order chi connectivity index (χ1) is 16.2. The van der Waals surface area contributed by atoms with Crippen molar-refractivity contribution < 1.29 is 9.21 Å². The van der Waals surface area contributed by atoms with E-state index in [2.05, 4.69) is 19.9 Å². The lowest BCUT2D eigenvalue weighted by atomic mass is 9.96. The van der Waals surface area contributed by atoms with Gasteiger partial charge in [-0.1, -0.05) is 18.2 Å². The number of rotatable bonds is 4. The fraction of sp³-hybridized carbons (Fsp3) is 0.360. The molecular formula is C25H26N6O2. The predicted molar refractivity (Wildman–Crippen MR) is 126 cm³/mol. The van der Waals surface area contributed by atoms with Gasteiger partial charge in [-0.2, -0.15) is 0 Å². The number of piperidine rings is 1. The molecule has 8 heteroatoms. The molecule has 6 rings (SSSR count). The maximum Gasteiger partial charge on any atom is 0.227 e. The first-order valence-electron chi connectivity index (χ1n) is 11.7. The molecule has 0 radical (unpaired) electrons. The minimum atomic E-state index is 0.0515. The molecule has 1 N–H and O–H groups in total. The minimum absolute atomic E-state index is 0.0515. The summed E-state index contributed by atoms with van der Waals surface area (Å²) in [6.07, 6.45) is 5.81. The summed E-state index contributed by atoms with van der Waals surface area (Å²) in [4.78, 5) is 34.5. The number of imidazole rings is 1. The smallest absolute Gasteiger partial charge is 0.227 e. The Morgan fingerprint density at radius 1 is 0.970 bits per heavy atom. The van der Waals surface area contributed by atoms with E-state index in [4.69, 9.17) is 9.40 Å². The van der Waals surface area contributed by atoms with Gasteiger partial charge in [-0.15, -0.1) is 0 Å². The Bertz CT molecular complexity index is 1270. The van der Waals surface area contributed by atoms with Gasteiger partial charge in [0.05, 0.1) is 11.4 Å². The number of anilines is 1. The molecule has 0 unspecified atom stereocenters. The number of hydrogen-bond acceptors (Lipinski definition) is 6. The third-order valence-corrected chi connectivity index (χ3v) is 6.61. The minimum Gasteiger partial charge on any atom is -0.444 e. The van der Waals surface area contributed by atoms with Crippen molar-refractivity contribution in [2.24, 2.45) is 5.92 Å². The molecular weight excluding hydrogens is 416 g/mol. The number of aromatic nitrogens is 4. The zero-order valence-corrected chi connectivity index (χ0v) is 18.4. The summed E-state index contributed by atoms with van der Waals surface area (Å²) < 4.78 is 5.66.